The third-order valence-corrected chi connectivity index (χ3v) is 5.73. The quantitative estimate of drug-likeness (QED) is 0.477. The molecule has 1 heterocycles. The summed E-state index contributed by atoms with van der Waals surface area (Å²) in [5.74, 6) is 0.347. The van der Waals surface area contributed by atoms with Gasteiger partial charge >= 0.3 is 0 Å². The highest BCUT2D eigenvalue weighted by molar-refractivity contribution is 7.99. The van der Waals surface area contributed by atoms with Crippen LogP contribution in [-0.4, -0.2) is 32.5 Å². The summed E-state index contributed by atoms with van der Waals surface area (Å²) in [6.45, 7) is 4.69. The van der Waals surface area contributed by atoms with Crippen LogP contribution in [0.5, 0.6) is 0 Å². The van der Waals surface area contributed by atoms with Crippen LogP contribution >= 0.6 is 11.8 Å². The lowest BCUT2D eigenvalue weighted by atomic mass is 10.1. The van der Waals surface area contributed by atoms with Gasteiger partial charge in [-0.05, 0) is 37.5 Å². The zero-order valence-corrected chi connectivity index (χ0v) is 18.2. The van der Waals surface area contributed by atoms with Gasteiger partial charge < -0.3 is 9.88 Å². The van der Waals surface area contributed by atoms with Crippen LogP contribution < -0.4 is 5.32 Å². The summed E-state index contributed by atoms with van der Waals surface area (Å²) >= 11 is 1.33. The van der Waals surface area contributed by atoms with Crippen molar-refractivity contribution in [3.8, 4) is 11.4 Å². The van der Waals surface area contributed by atoms with Gasteiger partial charge in [0.2, 0.25) is 5.91 Å². The van der Waals surface area contributed by atoms with E-state index in [1.54, 1.807) is 18.2 Å². The maximum Gasteiger partial charge on any atom is 0.230 e. The number of carbonyl (C=O) groups is 1. The molecule has 3 rings (SSSR count). The fourth-order valence-corrected chi connectivity index (χ4v) is 4.05. The van der Waals surface area contributed by atoms with E-state index in [4.69, 9.17) is 0 Å². The molecular weight excluding hydrogens is 399 g/mol. The first kappa shape index (κ1) is 22.0. The molecule has 30 heavy (non-hydrogen) atoms. The molecule has 0 radical (unpaired) electrons. The number of aromatic nitrogens is 3. The average Bonchev–Trinajstić information content (AvgIpc) is 3.14. The van der Waals surface area contributed by atoms with Crippen LogP contribution in [0.1, 0.15) is 32.3 Å². The molecule has 158 valence electrons. The standard InChI is InChI=1S/C23H27FN4OS/c1-3-9-17(2)25-21(29)16-30-23-27-26-22(19-12-7-8-13-20(19)24)28(23)15-14-18-10-5-4-6-11-18/h4-8,10-13,17H,3,9,14-16H2,1-2H3,(H,25,29). The molecule has 0 bridgehead atoms. The predicted molar refractivity (Wildman–Crippen MR) is 119 cm³/mol. The lowest BCUT2D eigenvalue weighted by molar-refractivity contribution is -0.119. The monoisotopic (exact) mass is 426 g/mol. The number of amides is 1. The lowest BCUT2D eigenvalue weighted by Crippen LogP contribution is -2.33. The van der Waals surface area contributed by atoms with Crippen LogP contribution in [0.4, 0.5) is 4.39 Å². The van der Waals surface area contributed by atoms with Crippen molar-refractivity contribution >= 4 is 17.7 Å². The second-order valence-corrected chi connectivity index (χ2v) is 8.16. The Morgan fingerprint density at radius 3 is 2.60 bits per heavy atom. The van der Waals surface area contributed by atoms with E-state index in [1.807, 2.05) is 29.7 Å². The largest absolute Gasteiger partial charge is 0.353 e. The van der Waals surface area contributed by atoms with Gasteiger partial charge in [-0.3, -0.25) is 4.79 Å². The van der Waals surface area contributed by atoms with Gasteiger partial charge in [0, 0.05) is 12.6 Å². The van der Waals surface area contributed by atoms with Crippen molar-refractivity contribution in [2.75, 3.05) is 5.75 Å². The minimum Gasteiger partial charge on any atom is -0.353 e. The van der Waals surface area contributed by atoms with Crippen molar-refractivity contribution in [3.05, 3.63) is 66.0 Å². The van der Waals surface area contributed by atoms with Gasteiger partial charge in [0.15, 0.2) is 11.0 Å². The molecule has 0 saturated heterocycles. The van der Waals surface area contributed by atoms with Crippen LogP contribution in [0.3, 0.4) is 0 Å². The molecule has 5 nitrogen and oxygen atoms in total. The second-order valence-electron chi connectivity index (χ2n) is 7.22. The molecule has 0 fully saturated rings. The molecule has 1 amide bonds. The van der Waals surface area contributed by atoms with Crippen molar-refractivity contribution in [1.29, 1.82) is 0 Å². The second kappa shape index (κ2) is 10.9. The van der Waals surface area contributed by atoms with E-state index in [9.17, 15) is 9.18 Å². The Bertz CT molecular complexity index is 961. The van der Waals surface area contributed by atoms with Crippen LogP contribution in [0.15, 0.2) is 59.8 Å². The summed E-state index contributed by atoms with van der Waals surface area (Å²) in [6.07, 6.45) is 2.73. The molecule has 3 aromatic rings. The Kier molecular flexibility index (Phi) is 8.02. The number of halogens is 1. The Balaban J connectivity index is 1.78. The van der Waals surface area contributed by atoms with Crippen molar-refractivity contribution in [2.24, 2.45) is 0 Å². The van der Waals surface area contributed by atoms with Crippen LogP contribution in [0.25, 0.3) is 11.4 Å². The van der Waals surface area contributed by atoms with Gasteiger partial charge in [-0.15, -0.1) is 10.2 Å². The molecule has 0 aliphatic heterocycles. The maximum atomic E-state index is 14.4. The molecule has 0 aliphatic carbocycles. The Morgan fingerprint density at radius 1 is 1.13 bits per heavy atom. The van der Waals surface area contributed by atoms with Crippen molar-refractivity contribution in [1.82, 2.24) is 20.1 Å². The van der Waals surface area contributed by atoms with E-state index < -0.39 is 0 Å². The number of thioether (sulfide) groups is 1. The van der Waals surface area contributed by atoms with Crippen LogP contribution in [-0.2, 0) is 17.8 Å². The Morgan fingerprint density at radius 2 is 1.87 bits per heavy atom. The number of hydrogen-bond donors (Lipinski definition) is 1. The predicted octanol–water partition coefficient (Wildman–Crippen LogP) is 4.72. The molecule has 7 heteroatoms. The normalized spacial score (nSPS) is 12.0. The van der Waals surface area contributed by atoms with Gasteiger partial charge in [-0.25, -0.2) is 4.39 Å². The Labute approximate surface area is 181 Å². The van der Waals surface area contributed by atoms with E-state index in [0.29, 0.717) is 23.1 Å². The van der Waals surface area contributed by atoms with Crippen molar-refractivity contribution in [2.45, 2.75) is 50.9 Å². The molecule has 1 atom stereocenters. The van der Waals surface area contributed by atoms with E-state index in [-0.39, 0.29) is 23.5 Å². The molecule has 0 saturated carbocycles. The highest BCUT2D eigenvalue weighted by Crippen LogP contribution is 2.26. The zero-order valence-electron chi connectivity index (χ0n) is 17.3. The molecule has 1 N–H and O–H groups in total. The molecule has 1 aromatic heterocycles. The first-order valence-electron chi connectivity index (χ1n) is 10.2. The van der Waals surface area contributed by atoms with Crippen LogP contribution in [0, 0.1) is 5.82 Å². The molecule has 0 spiro atoms. The average molecular weight is 427 g/mol. The van der Waals surface area contributed by atoms with Crippen molar-refractivity contribution in [3.63, 3.8) is 0 Å². The van der Waals surface area contributed by atoms with E-state index in [0.717, 1.165) is 19.3 Å². The highest BCUT2D eigenvalue weighted by Gasteiger charge is 2.18. The smallest absolute Gasteiger partial charge is 0.230 e. The SMILES string of the molecule is CCCC(C)NC(=O)CSc1nnc(-c2ccccc2F)n1CCc1ccccc1. The molecule has 1 unspecified atom stereocenters. The van der Waals surface area contributed by atoms with E-state index >= 15 is 0 Å². The number of nitrogens with zero attached hydrogens (tertiary/aromatic N) is 3. The number of benzene rings is 2. The summed E-state index contributed by atoms with van der Waals surface area (Å²) < 4.78 is 16.3. The summed E-state index contributed by atoms with van der Waals surface area (Å²) in [5.41, 5.74) is 1.58. The topological polar surface area (TPSA) is 59.8 Å². The lowest BCUT2D eigenvalue weighted by Gasteiger charge is -2.13. The maximum absolute atomic E-state index is 14.4. The molecular formula is C23H27FN4OS. The number of nitrogens with one attached hydrogen (secondary N) is 1. The van der Waals surface area contributed by atoms with E-state index in [2.05, 4.69) is 34.6 Å². The fourth-order valence-electron chi connectivity index (χ4n) is 3.28. The van der Waals surface area contributed by atoms with E-state index in [1.165, 1.54) is 23.4 Å². The molecule has 2 aromatic carbocycles. The summed E-state index contributed by atoms with van der Waals surface area (Å²) in [5, 5.41) is 12.1. The minimum atomic E-state index is -0.339. The van der Waals surface area contributed by atoms with Gasteiger partial charge in [0.25, 0.3) is 0 Å². The van der Waals surface area contributed by atoms with Gasteiger partial charge in [0.05, 0.1) is 11.3 Å². The number of rotatable bonds is 10. The number of carbonyl (C=O) groups excluding carboxylic acids is 1. The molecule has 0 aliphatic rings. The minimum absolute atomic E-state index is 0.0361. The van der Waals surface area contributed by atoms with Crippen molar-refractivity contribution < 1.29 is 9.18 Å². The third kappa shape index (κ3) is 5.92. The van der Waals surface area contributed by atoms with Gasteiger partial charge in [0.1, 0.15) is 5.82 Å². The highest BCUT2D eigenvalue weighted by atomic mass is 32.2. The number of aryl methyl sites for hydroxylation is 1. The Hall–Kier alpha value is -2.67. The van der Waals surface area contributed by atoms with Crippen LogP contribution in [0.2, 0.25) is 0 Å². The summed E-state index contributed by atoms with van der Waals surface area (Å²) in [6, 6.07) is 16.8. The summed E-state index contributed by atoms with van der Waals surface area (Å²) in [4.78, 5) is 12.3. The fraction of sp³-hybridized carbons (Fsp3) is 0.348. The number of hydrogen-bond acceptors (Lipinski definition) is 4. The first-order chi connectivity index (χ1) is 14.6. The zero-order chi connectivity index (χ0) is 21.3. The van der Waals surface area contributed by atoms with Gasteiger partial charge in [-0.1, -0.05) is 67.6 Å². The summed E-state index contributed by atoms with van der Waals surface area (Å²) in [7, 11) is 0. The van der Waals surface area contributed by atoms with Gasteiger partial charge in [-0.2, -0.15) is 0 Å². The third-order valence-electron chi connectivity index (χ3n) is 4.76. The first-order valence-corrected chi connectivity index (χ1v) is 11.2.